The molecule has 1 heterocycles. The maximum atomic E-state index is 13.4. The van der Waals surface area contributed by atoms with Crippen LogP contribution in [0, 0.1) is 5.82 Å². The molecule has 16 heavy (non-hydrogen) atoms. The van der Waals surface area contributed by atoms with Crippen molar-refractivity contribution in [2.24, 2.45) is 4.40 Å². The highest BCUT2D eigenvalue weighted by Gasteiger charge is 2.27. The highest BCUT2D eigenvalue weighted by Crippen LogP contribution is 2.27. The van der Waals surface area contributed by atoms with Crippen molar-refractivity contribution in [1.82, 2.24) is 0 Å². The van der Waals surface area contributed by atoms with E-state index in [1.54, 1.807) is 6.92 Å². The molecule has 1 unspecified atom stereocenters. The molecule has 0 spiro atoms. The summed E-state index contributed by atoms with van der Waals surface area (Å²) in [6.07, 6.45) is 0. The van der Waals surface area contributed by atoms with Gasteiger partial charge in [0.25, 0.3) is 0 Å². The summed E-state index contributed by atoms with van der Waals surface area (Å²) in [6.45, 7) is 7.17. The Hall–Kier alpha value is 0.0900. The highest BCUT2D eigenvalue weighted by atomic mass is 79.9. The average Bonchev–Trinajstić information content (AvgIpc) is 2.43. The third-order valence-corrected chi connectivity index (χ3v) is 4.94. The minimum absolute atomic E-state index is 0.330. The van der Waals surface area contributed by atoms with Crippen LogP contribution in [0.4, 0.5) is 4.39 Å². The van der Waals surface area contributed by atoms with Gasteiger partial charge in [-0.1, -0.05) is 4.40 Å². The molecule has 0 amide bonds. The molecule has 0 aliphatic rings. The molecular formula is C10H13BrFNOS2. The minimum Gasteiger partial charge on any atom is -0.591 e. The smallest absolute Gasteiger partial charge is 0.144 e. The maximum absolute atomic E-state index is 13.4. The first-order chi connectivity index (χ1) is 7.21. The summed E-state index contributed by atoms with van der Waals surface area (Å²) >= 11 is 3.10. The zero-order chi connectivity index (χ0) is 12.5. The van der Waals surface area contributed by atoms with E-state index >= 15 is 0 Å². The van der Waals surface area contributed by atoms with E-state index in [2.05, 4.69) is 20.3 Å². The van der Waals surface area contributed by atoms with E-state index in [-0.39, 0.29) is 5.82 Å². The van der Waals surface area contributed by atoms with Crippen molar-refractivity contribution in [3.63, 3.8) is 0 Å². The molecular weight excluding hydrogens is 313 g/mol. The van der Waals surface area contributed by atoms with Gasteiger partial charge in [-0.2, -0.15) is 0 Å². The molecule has 1 atom stereocenters. The monoisotopic (exact) mass is 325 g/mol. The number of hydrogen-bond acceptors (Lipinski definition) is 3. The Morgan fingerprint density at radius 3 is 2.50 bits per heavy atom. The van der Waals surface area contributed by atoms with Crippen LogP contribution in [0.2, 0.25) is 0 Å². The van der Waals surface area contributed by atoms with Crippen LogP contribution in [0.3, 0.4) is 0 Å². The van der Waals surface area contributed by atoms with Gasteiger partial charge in [0.1, 0.15) is 27.6 Å². The summed E-state index contributed by atoms with van der Waals surface area (Å²) in [5.41, 5.74) is 0.474. The van der Waals surface area contributed by atoms with Gasteiger partial charge in [-0.25, -0.2) is 4.39 Å². The molecule has 6 heteroatoms. The van der Waals surface area contributed by atoms with Gasteiger partial charge in [-0.15, -0.1) is 11.3 Å². The van der Waals surface area contributed by atoms with E-state index < -0.39 is 16.1 Å². The van der Waals surface area contributed by atoms with Crippen molar-refractivity contribution in [3.05, 3.63) is 20.5 Å². The van der Waals surface area contributed by atoms with E-state index in [1.807, 2.05) is 20.8 Å². The number of thiophene rings is 1. The Morgan fingerprint density at radius 2 is 2.12 bits per heavy atom. The molecule has 1 aromatic rings. The van der Waals surface area contributed by atoms with Gasteiger partial charge in [0.15, 0.2) is 0 Å². The topological polar surface area (TPSA) is 35.4 Å². The largest absolute Gasteiger partial charge is 0.591 e. The summed E-state index contributed by atoms with van der Waals surface area (Å²) in [7, 11) is 0. The fourth-order valence-electron chi connectivity index (χ4n) is 0.890. The number of rotatable bonds is 2. The van der Waals surface area contributed by atoms with E-state index in [4.69, 9.17) is 0 Å². The summed E-state index contributed by atoms with van der Waals surface area (Å²) in [4.78, 5) is 0.435. The van der Waals surface area contributed by atoms with E-state index in [0.717, 1.165) is 0 Å². The van der Waals surface area contributed by atoms with E-state index in [1.165, 1.54) is 17.4 Å². The van der Waals surface area contributed by atoms with Gasteiger partial charge in [-0.3, -0.25) is 0 Å². The predicted octanol–water partition coefficient (Wildman–Crippen LogP) is 3.92. The second-order valence-corrected chi connectivity index (χ2v) is 8.60. The number of hydrogen-bond donors (Lipinski definition) is 0. The van der Waals surface area contributed by atoms with Crippen molar-refractivity contribution in [2.75, 3.05) is 0 Å². The number of halogens is 2. The van der Waals surface area contributed by atoms with Crippen LogP contribution in [-0.2, 0) is 11.4 Å². The summed E-state index contributed by atoms with van der Waals surface area (Å²) in [5.74, 6) is -0.330. The molecule has 0 saturated heterocycles. The van der Waals surface area contributed by atoms with Crippen molar-refractivity contribution in [2.45, 2.75) is 32.4 Å². The van der Waals surface area contributed by atoms with Crippen LogP contribution in [-0.4, -0.2) is 15.0 Å². The summed E-state index contributed by atoms with van der Waals surface area (Å²) < 4.78 is 29.5. The molecule has 0 aliphatic carbocycles. The molecule has 0 saturated carbocycles. The van der Waals surface area contributed by atoms with Crippen LogP contribution in [0.1, 0.15) is 32.6 Å². The zero-order valence-electron chi connectivity index (χ0n) is 9.51. The molecule has 0 bridgehead atoms. The van der Waals surface area contributed by atoms with Gasteiger partial charge < -0.3 is 4.55 Å². The molecule has 1 rings (SSSR count). The molecule has 1 aromatic heterocycles. The van der Waals surface area contributed by atoms with Crippen molar-refractivity contribution in [1.29, 1.82) is 0 Å². The minimum atomic E-state index is -1.35. The average molecular weight is 326 g/mol. The van der Waals surface area contributed by atoms with Gasteiger partial charge >= 0.3 is 0 Å². The lowest BCUT2D eigenvalue weighted by Crippen LogP contribution is -2.26. The Morgan fingerprint density at radius 1 is 1.56 bits per heavy atom. The van der Waals surface area contributed by atoms with E-state index in [0.29, 0.717) is 14.4 Å². The van der Waals surface area contributed by atoms with Crippen LogP contribution in [0.25, 0.3) is 0 Å². The maximum Gasteiger partial charge on any atom is 0.144 e. The second-order valence-electron chi connectivity index (χ2n) is 4.27. The Kier molecular flexibility index (Phi) is 4.57. The van der Waals surface area contributed by atoms with Crippen LogP contribution < -0.4 is 0 Å². The van der Waals surface area contributed by atoms with E-state index in [9.17, 15) is 8.94 Å². The van der Waals surface area contributed by atoms with Crippen LogP contribution >= 0.6 is 27.3 Å². The second kappa shape index (κ2) is 5.16. The molecule has 0 fully saturated rings. The lowest BCUT2D eigenvalue weighted by molar-refractivity contribution is 0.561. The SMILES string of the molecule is C/C(=N/[S+]([O-])C(C)(C)C)c1sc(Br)cc1F. The molecule has 0 aromatic carbocycles. The van der Waals surface area contributed by atoms with Gasteiger partial charge in [0, 0.05) is 0 Å². The Labute approximate surface area is 110 Å². The molecule has 0 aliphatic heterocycles. The Bertz CT molecular complexity index is 411. The third kappa shape index (κ3) is 3.55. The van der Waals surface area contributed by atoms with Gasteiger partial charge in [-0.05, 0) is 49.7 Å². The lowest BCUT2D eigenvalue weighted by Gasteiger charge is -2.18. The molecule has 0 radical (unpaired) electrons. The third-order valence-electron chi connectivity index (χ3n) is 1.73. The normalized spacial score (nSPS) is 15.3. The first kappa shape index (κ1) is 14.2. The molecule has 2 nitrogen and oxygen atoms in total. The predicted molar refractivity (Wildman–Crippen MR) is 72.1 cm³/mol. The Balaban J connectivity index is 2.98. The van der Waals surface area contributed by atoms with Gasteiger partial charge in [0.05, 0.1) is 8.66 Å². The zero-order valence-corrected chi connectivity index (χ0v) is 12.7. The summed E-state index contributed by atoms with van der Waals surface area (Å²) in [6, 6.07) is 1.39. The summed E-state index contributed by atoms with van der Waals surface area (Å²) in [5, 5.41) is 0. The fourth-order valence-corrected chi connectivity index (χ4v) is 2.96. The number of nitrogens with zero attached hydrogens (tertiary/aromatic N) is 1. The van der Waals surface area contributed by atoms with Crippen molar-refractivity contribution in [3.8, 4) is 0 Å². The first-order valence-corrected chi connectivity index (χ1v) is 7.36. The van der Waals surface area contributed by atoms with Crippen LogP contribution in [0.15, 0.2) is 14.3 Å². The van der Waals surface area contributed by atoms with Crippen molar-refractivity contribution >= 4 is 44.3 Å². The lowest BCUT2D eigenvalue weighted by atomic mass is 10.3. The quantitative estimate of drug-likeness (QED) is 0.599. The van der Waals surface area contributed by atoms with Crippen molar-refractivity contribution < 1.29 is 8.94 Å². The standard InChI is InChI=1S/C10H13BrFNOS2/c1-6(13-16(14)10(2,3)4)9-7(12)5-8(11)15-9/h5H,1-4H3/b13-6-. The fraction of sp³-hybridized carbons (Fsp3) is 0.500. The highest BCUT2D eigenvalue weighted by molar-refractivity contribution is 9.11. The first-order valence-electron chi connectivity index (χ1n) is 4.64. The van der Waals surface area contributed by atoms with Gasteiger partial charge in [0.2, 0.25) is 0 Å². The molecule has 0 N–H and O–H groups in total. The molecule has 90 valence electrons. The van der Waals surface area contributed by atoms with Crippen LogP contribution in [0.5, 0.6) is 0 Å².